The number of hydrogen-bond donors (Lipinski definition) is 8. The van der Waals surface area contributed by atoms with E-state index in [1.807, 2.05) is 5.32 Å². The molecule has 1 saturated heterocycles. The van der Waals surface area contributed by atoms with E-state index in [4.69, 9.17) is 21.7 Å². The van der Waals surface area contributed by atoms with Crippen LogP contribution in [-0.4, -0.2) is 83.0 Å². The summed E-state index contributed by atoms with van der Waals surface area (Å²) in [5, 5.41) is 27.9. The normalized spacial score (nSPS) is 18.1. The maximum Gasteiger partial charge on any atom is 0.328 e. The molecule has 4 atom stereocenters. The quantitative estimate of drug-likeness (QED) is 0.126. The standard InChI is InChI=1S/C18H30N6O8/c19-13(26)5-3-10(22-15(28)9-2-1-7-21-9)16(29)23-11(4-6-14(20)27)17(30)24-12(8-25)18(31)32/h9-12,21,25H,1-8H2,(H2,19,26)(H2,20,27)(H,22,28)(H,23,29)(H,24,30)(H,31,32). The van der Waals surface area contributed by atoms with E-state index in [0.29, 0.717) is 13.0 Å². The van der Waals surface area contributed by atoms with Gasteiger partial charge < -0.3 is 42.9 Å². The van der Waals surface area contributed by atoms with Gasteiger partial charge in [-0.25, -0.2) is 4.79 Å². The molecular formula is C18H30N6O8. The molecule has 1 rings (SSSR count). The van der Waals surface area contributed by atoms with Crippen LogP contribution in [0.3, 0.4) is 0 Å². The van der Waals surface area contributed by atoms with Crippen molar-refractivity contribution in [2.24, 2.45) is 11.5 Å². The average molecular weight is 458 g/mol. The molecule has 14 nitrogen and oxygen atoms in total. The highest BCUT2D eigenvalue weighted by Gasteiger charge is 2.31. The van der Waals surface area contributed by atoms with Gasteiger partial charge in [0.25, 0.3) is 0 Å². The van der Waals surface area contributed by atoms with Crippen LogP contribution in [0.15, 0.2) is 0 Å². The van der Waals surface area contributed by atoms with E-state index in [2.05, 4.69) is 16.0 Å². The summed E-state index contributed by atoms with van der Waals surface area (Å²) in [6.45, 7) is -0.259. The SMILES string of the molecule is NC(=O)CCC(NC(=O)C(CCC(N)=O)NC(=O)C1CCCN1)C(=O)NC(CO)C(=O)O. The fourth-order valence-electron chi connectivity index (χ4n) is 3.02. The number of aliphatic hydroxyl groups excluding tert-OH is 1. The molecule has 0 radical (unpaired) electrons. The predicted octanol–water partition coefficient (Wildman–Crippen LogP) is -4.20. The van der Waals surface area contributed by atoms with Crippen LogP contribution in [0.2, 0.25) is 0 Å². The number of nitrogens with two attached hydrogens (primary N) is 2. The first-order valence-electron chi connectivity index (χ1n) is 10.1. The Morgan fingerprint density at radius 2 is 1.38 bits per heavy atom. The maximum absolute atomic E-state index is 12.8. The van der Waals surface area contributed by atoms with Crippen molar-refractivity contribution in [2.45, 2.75) is 62.7 Å². The van der Waals surface area contributed by atoms with Gasteiger partial charge in [-0.2, -0.15) is 0 Å². The van der Waals surface area contributed by atoms with Crippen molar-refractivity contribution in [1.29, 1.82) is 0 Å². The van der Waals surface area contributed by atoms with Gasteiger partial charge in [-0.3, -0.25) is 24.0 Å². The molecule has 0 aliphatic carbocycles. The monoisotopic (exact) mass is 458 g/mol. The zero-order valence-corrected chi connectivity index (χ0v) is 17.5. The van der Waals surface area contributed by atoms with Gasteiger partial charge >= 0.3 is 5.97 Å². The minimum atomic E-state index is -1.63. The number of carboxylic acid groups (broad SMARTS) is 1. The Labute approximate surface area is 183 Å². The Hall–Kier alpha value is -3.26. The number of nitrogens with one attached hydrogen (secondary N) is 4. The van der Waals surface area contributed by atoms with Crippen LogP contribution in [0.25, 0.3) is 0 Å². The van der Waals surface area contributed by atoms with Crippen molar-refractivity contribution >= 4 is 35.5 Å². The Morgan fingerprint density at radius 1 is 0.875 bits per heavy atom. The number of carbonyl (C=O) groups is 6. The van der Waals surface area contributed by atoms with Gasteiger partial charge in [0.1, 0.15) is 18.1 Å². The second kappa shape index (κ2) is 13.2. The number of carboxylic acids is 1. The molecule has 0 spiro atoms. The number of amides is 5. The van der Waals surface area contributed by atoms with Crippen LogP contribution >= 0.6 is 0 Å². The molecule has 14 heteroatoms. The third-order valence-corrected chi connectivity index (χ3v) is 4.80. The highest BCUT2D eigenvalue weighted by atomic mass is 16.4. The predicted molar refractivity (Wildman–Crippen MR) is 108 cm³/mol. The lowest BCUT2D eigenvalue weighted by Crippen LogP contribution is -2.57. The fourth-order valence-corrected chi connectivity index (χ4v) is 3.02. The van der Waals surface area contributed by atoms with Crippen LogP contribution in [0.5, 0.6) is 0 Å². The van der Waals surface area contributed by atoms with Crippen molar-refractivity contribution in [3.63, 3.8) is 0 Å². The molecule has 0 bridgehead atoms. The minimum absolute atomic E-state index is 0.141. The topological polar surface area (TPSA) is 243 Å². The number of hydrogen-bond acceptors (Lipinski definition) is 8. The second-order valence-electron chi connectivity index (χ2n) is 7.36. The highest BCUT2D eigenvalue weighted by Crippen LogP contribution is 2.07. The first-order chi connectivity index (χ1) is 15.0. The van der Waals surface area contributed by atoms with Crippen molar-refractivity contribution in [1.82, 2.24) is 21.3 Å². The molecular weight excluding hydrogens is 428 g/mol. The number of aliphatic carboxylic acids is 1. The summed E-state index contributed by atoms with van der Waals surface area (Å²) in [7, 11) is 0. The van der Waals surface area contributed by atoms with Gasteiger partial charge in [0.2, 0.25) is 29.5 Å². The first kappa shape index (κ1) is 26.8. The van der Waals surface area contributed by atoms with E-state index in [9.17, 15) is 28.8 Å². The third kappa shape index (κ3) is 9.26. The molecule has 0 aromatic carbocycles. The summed E-state index contributed by atoms with van der Waals surface area (Å²) in [6, 6.07) is -4.74. The zero-order valence-electron chi connectivity index (χ0n) is 17.5. The second-order valence-corrected chi connectivity index (χ2v) is 7.36. The summed E-state index contributed by atoms with van der Waals surface area (Å²) in [5.41, 5.74) is 10.2. The minimum Gasteiger partial charge on any atom is -0.480 e. The Bertz CT molecular complexity index is 724. The fraction of sp³-hybridized carbons (Fsp3) is 0.667. The number of carbonyl (C=O) groups excluding carboxylic acids is 5. The molecule has 10 N–H and O–H groups in total. The van der Waals surface area contributed by atoms with Gasteiger partial charge in [0.15, 0.2) is 0 Å². The molecule has 1 aliphatic rings. The van der Waals surface area contributed by atoms with Crippen molar-refractivity contribution in [2.75, 3.05) is 13.2 Å². The lowest BCUT2D eigenvalue weighted by molar-refractivity contribution is -0.143. The molecule has 32 heavy (non-hydrogen) atoms. The highest BCUT2D eigenvalue weighted by molar-refractivity contribution is 5.94. The molecule has 180 valence electrons. The Morgan fingerprint density at radius 3 is 1.78 bits per heavy atom. The van der Waals surface area contributed by atoms with Gasteiger partial charge in [-0.15, -0.1) is 0 Å². The lowest BCUT2D eigenvalue weighted by atomic mass is 10.1. The molecule has 1 aliphatic heterocycles. The van der Waals surface area contributed by atoms with Gasteiger partial charge in [0, 0.05) is 12.8 Å². The number of rotatable bonds is 14. The molecule has 4 unspecified atom stereocenters. The van der Waals surface area contributed by atoms with E-state index in [-0.39, 0.29) is 25.7 Å². The van der Waals surface area contributed by atoms with Crippen LogP contribution in [0, 0.1) is 0 Å². The molecule has 5 amide bonds. The van der Waals surface area contributed by atoms with Crippen LogP contribution in [0.4, 0.5) is 0 Å². The van der Waals surface area contributed by atoms with Crippen molar-refractivity contribution in [3.05, 3.63) is 0 Å². The van der Waals surface area contributed by atoms with Crippen molar-refractivity contribution in [3.8, 4) is 0 Å². The maximum atomic E-state index is 12.8. The summed E-state index contributed by atoms with van der Waals surface area (Å²) in [4.78, 5) is 71.0. The third-order valence-electron chi connectivity index (χ3n) is 4.80. The number of aliphatic hydroxyl groups is 1. The van der Waals surface area contributed by atoms with E-state index >= 15 is 0 Å². The van der Waals surface area contributed by atoms with E-state index in [1.54, 1.807) is 0 Å². The van der Waals surface area contributed by atoms with E-state index in [0.717, 1.165) is 6.42 Å². The van der Waals surface area contributed by atoms with E-state index in [1.165, 1.54) is 0 Å². The molecule has 1 heterocycles. The summed E-state index contributed by atoms with van der Waals surface area (Å²) < 4.78 is 0. The number of primary amides is 2. The summed E-state index contributed by atoms with van der Waals surface area (Å²) >= 11 is 0. The zero-order chi connectivity index (χ0) is 24.3. The lowest BCUT2D eigenvalue weighted by Gasteiger charge is -2.24. The van der Waals surface area contributed by atoms with E-state index < -0.39 is 66.3 Å². The van der Waals surface area contributed by atoms with Crippen molar-refractivity contribution < 1.29 is 39.0 Å². The summed E-state index contributed by atoms with van der Waals surface area (Å²) in [5.74, 6) is -5.24. The average Bonchev–Trinajstić information content (AvgIpc) is 3.26. The van der Waals surface area contributed by atoms with Gasteiger partial charge in [0.05, 0.1) is 12.6 Å². The molecule has 1 fully saturated rings. The largest absolute Gasteiger partial charge is 0.480 e. The Balaban J connectivity index is 2.93. The molecule has 0 saturated carbocycles. The van der Waals surface area contributed by atoms with Gasteiger partial charge in [-0.1, -0.05) is 0 Å². The van der Waals surface area contributed by atoms with Gasteiger partial charge in [-0.05, 0) is 32.2 Å². The first-order valence-corrected chi connectivity index (χ1v) is 10.1. The Kier molecular flexibility index (Phi) is 11.1. The summed E-state index contributed by atoms with van der Waals surface area (Å²) in [6.07, 6.45) is 0.418. The molecule has 0 aromatic heterocycles. The smallest absolute Gasteiger partial charge is 0.328 e. The van der Waals surface area contributed by atoms with Crippen LogP contribution in [-0.2, 0) is 28.8 Å². The molecule has 0 aromatic rings. The van der Waals surface area contributed by atoms with Crippen LogP contribution in [0.1, 0.15) is 38.5 Å². The van der Waals surface area contributed by atoms with Crippen LogP contribution < -0.4 is 32.7 Å².